The smallest absolute Gasteiger partial charge is 0.410 e. The summed E-state index contributed by atoms with van der Waals surface area (Å²) in [6.07, 6.45) is -0.418. The normalized spacial score (nSPS) is 9.29. The molecule has 0 bridgehead atoms. The third kappa shape index (κ3) is 2.62. The summed E-state index contributed by atoms with van der Waals surface area (Å²) in [4.78, 5) is 12.5. The van der Waals surface area contributed by atoms with Crippen LogP contribution in [0.5, 0.6) is 0 Å². The van der Waals surface area contributed by atoms with Crippen LogP contribution in [-0.4, -0.2) is 25.1 Å². The Bertz CT molecular complexity index is 330. The largest absolute Gasteiger partial charge is 0.414 e. The molecule has 0 heterocycles. The fraction of sp³-hybridized carbons (Fsp3) is 0.182. The molecule has 0 fully saturated rings. The highest BCUT2D eigenvalue weighted by Crippen LogP contribution is 2.13. The summed E-state index contributed by atoms with van der Waals surface area (Å²) in [5.74, 6) is 0.365. The lowest BCUT2D eigenvalue weighted by Gasteiger charge is -2.12. The third-order valence-corrected chi connectivity index (χ3v) is 1.67. The van der Waals surface area contributed by atoms with Gasteiger partial charge in [-0.15, -0.1) is 0 Å². The van der Waals surface area contributed by atoms with E-state index in [-0.39, 0.29) is 0 Å². The standard InChI is InChI=1S/C11H13NO2/c1-9(14-11(13)12(2)3)10-7-5-4-6-8-10/h4-8H,1H2,2-3H3. The fourth-order valence-electron chi connectivity index (χ4n) is 0.880. The zero-order valence-corrected chi connectivity index (χ0v) is 8.36. The fourth-order valence-corrected chi connectivity index (χ4v) is 0.880. The van der Waals surface area contributed by atoms with E-state index in [2.05, 4.69) is 6.58 Å². The maximum atomic E-state index is 11.2. The average molecular weight is 191 g/mol. The van der Waals surface area contributed by atoms with E-state index in [4.69, 9.17) is 4.74 Å². The first-order valence-corrected chi connectivity index (χ1v) is 4.24. The number of carbonyl (C=O) groups is 1. The van der Waals surface area contributed by atoms with Crippen LogP contribution in [0.1, 0.15) is 5.56 Å². The summed E-state index contributed by atoms with van der Waals surface area (Å²) in [5.41, 5.74) is 0.808. The van der Waals surface area contributed by atoms with Gasteiger partial charge in [0.1, 0.15) is 5.76 Å². The molecule has 0 spiro atoms. The maximum Gasteiger partial charge on any atom is 0.414 e. The lowest BCUT2D eigenvalue weighted by molar-refractivity contribution is 0.163. The Labute approximate surface area is 83.6 Å². The van der Waals surface area contributed by atoms with Crippen molar-refractivity contribution in [2.24, 2.45) is 0 Å². The van der Waals surface area contributed by atoms with Crippen LogP contribution in [-0.2, 0) is 4.74 Å². The predicted molar refractivity (Wildman–Crippen MR) is 55.6 cm³/mol. The number of rotatable bonds is 2. The van der Waals surface area contributed by atoms with Gasteiger partial charge in [0.2, 0.25) is 0 Å². The van der Waals surface area contributed by atoms with Crippen LogP contribution in [0.2, 0.25) is 0 Å². The van der Waals surface area contributed by atoms with Gasteiger partial charge in [0.15, 0.2) is 0 Å². The van der Waals surface area contributed by atoms with Crippen LogP contribution in [0, 0.1) is 0 Å². The minimum Gasteiger partial charge on any atom is -0.410 e. The molecule has 0 saturated heterocycles. The SMILES string of the molecule is C=C(OC(=O)N(C)C)c1ccccc1. The molecule has 0 aliphatic carbocycles. The topological polar surface area (TPSA) is 29.5 Å². The highest BCUT2D eigenvalue weighted by molar-refractivity contribution is 5.75. The van der Waals surface area contributed by atoms with E-state index in [0.29, 0.717) is 5.76 Å². The van der Waals surface area contributed by atoms with Gasteiger partial charge in [-0.1, -0.05) is 36.9 Å². The van der Waals surface area contributed by atoms with E-state index < -0.39 is 6.09 Å². The quantitative estimate of drug-likeness (QED) is 0.671. The summed E-state index contributed by atoms with van der Waals surface area (Å²) in [6, 6.07) is 9.30. The van der Waals surface area contributed by atoms with Gasteiger partial charge >= 0.3 is 6.09 Å². The lowest BCUT2D eigenvalue weighted by Crippen LogP contribution is -2.21. The average Bonchev–Trinajstić information content (AvgIpc) is 2.19. The van der Waals surface area contributed by atoms with Gasteiger partial charge in [0.25, 0.3) is 0 Å². The summed E-state index contributed by atoms with van der Waals surface area (Å²) in [7, 11) is 3.25. The van der Waals surface area contributed by atoms with Crippen molar-refractivity contribution in [1.29, 1.82) is 0 Å². The van der Waals surface area contributed by atoms with Crippen LogP contribution in [0.25, 0.3) is 5.76 Å². The van der Waals surface area contributed by atoms with Crippen molar-refractivity contribution in [3.63, 3.8) is 0 Å². The first kappa shape index (κ1) is 10.3. The first-order valence-electron chi connectivity index (χ1n) is 4.24. The van der Waals surface area contributed by atoms with Crippen molar-refractivity contribution >= 4 is 11.9 Å². The second-order valence-corrected chi connectivity index (χ2v) is 3.05. The second kappa shape index (κ2) is 4.46. The summed E-state index contributed by atoms with van der Waals surface area (Å²) in [6.45, 7) is 3.68. The molecular formula is C11H13NO2. The molecule has 0 radical (unpaired) electrons. The van der Waals surface area contributed by atoms with Gasteiger partial charge in [-0.25, -0.2) is 4.79 Å². The number of carbonyl (C=O) groups excluding carboxylic acids is 1. The number of nitrogens with zero attached hydrogens (tertiary/aromatic N) is 1. The summed E-state index contributed by atoms with van der Waals surface area (Å²) < 4.78 is 4.99. The molecule has 0 unspecified atom stereocenters. The minimum absolute atomic E-state index is 0.365. The number of hydrogen-bond donors (Lipinski definition) is 0. The predicted octanol–water partition coefficient (Wildman–Crippen LogP) is 2.36. The molecule has 1 aromatic rings. The van der Waals surface area contributed by atoms with Crippen molar-refractivity contribution in [2.75, 3.05) is 14.1 Å². The molecule has 14 heavy (non-hydrogen) atoms. The van der Waals surface area contributed by atoms with Gasteiger partial charge in [-0.3, -0.25) is 0 Å². The van der Waals surface area contributed by atoms with Crippen LogP contribution < -0.4 is 0 Å². The van der Waals surface area contributed by atoms with Crippen molar-refractivity contribution in [3.8, 4) is 0 Å². The number of ether oxygens (including phenoxy) is 1. The van der Waals surface area contributed by atoms with E-state index in [1.807, 2.05) is 30.3 Å². The highest BCUT2D eigenvalue weighted by Gasteiger charge is 2.08. The van der Waals surface area contributed by atoms with Gasteiger partial charge in [0, 0.05) is 19.7 Å². The maximum absolute atomic E-state index is 11.2. The van der Waals surface area contributed by atoms with Crippen LogP contribution in [0.15, 0.2) is 36.9 Å². The van der Waals surface area contributed by atoms with Crippen LogP contribution in [0.3, 0.4) is 0 Å². The molecule has 0 saturated carbocycles. The Morgan fingerprint density at radius 1 is 1.29 bits per heavy atom. The number of amides is 1. The van der Waals surface area contributed by atoms with E-state index in [0.717, 1.165) is 5.56 Å². The molecule has 3 nitrogen and oxygen atoms in total. The Kier molecular flexibility index (Phi) is 3.29. The molecular weight excluding hydrogens is 178 g/mol. The first-order chi connectivity index (χ1) is 6.61. The molecule has 0 atom stereocenters. The molecule has 0 aliphatic rings. The Balaban J connectivity index is 2.65. The van der Waals surface area contributed by atoms with Gasteiger partial charge in [0.05, 0.1) is 0 Å². The minimum atomic E-state index is -0.418. The molecule has 1 rings (SSSR count). The lowest BCUT2D eigenvalue weighted by atomic mass is 10.2. The Hall–Kier alpha value is -1.77. The van der Waals surface area contributed by atoms with Crippen molar-refractivity contribution in [1.82, 2.24) is 4.90 Å². The van der Waals surface area contributed by atoms with E-state index >= 15 is 0 Å². The molecule has 0 aliphatic heterocycles. The van der Waals surface area contributed by atoms with Gasteiger partial charge in [-0.2, -0.15) is 0 Å². The zero-order valence-electron chi connectivity index (χ0n) is 8.36. The molecule has 1 aromatic carbocycles. The highest BCUT2D eigenvalue weighted by atomic mass is 16.6. The molecule has 0 aromatic heterocycles. The third-order valence-electron chi connectivity index (χ3n) is 1.67. The van der Waals surface area contributed by atoms with Gasteiger partial charge < -0.3 is 9.64 Å². The molecule has 74 valence electrons. The summed E-state index contributed by atoms with van der Waals surface area (Å²) in [5, 5.41) is 0. The van der Waals surface area contributed by atoms with Crippen LogP contribution in [0.4, 0.5) is 4.79 Å². The number of benzene rings is 1. The second-order valence-electron chi connectivity index (χ2n) is 3.05. The van der Waals surface area contributed by atoms with Crippen molar-refractivity contribution < 1.29 is 9.53 Å². The van der Waals surface area contributed by atoms with Gasteiger partial charge in [-0.05, 0) is 0 Å². The Morgan fingerprint density at radius 3 is 2.36 bits per heavy atom. The van der Waals surface area contributed by atoms with E-state index in [1.165, 1.54) is 4.90 Å². The molecule has 1 amide bonds. The summed E-state index contributed by atoms with van der Waals surface area (Å²) >= 11 is 0. The van der Waals surface area contributed by atoms with Crippen LogP contribution >= 0.6 is 0 Å². The van der Waals surface area contributed by atoms with Crippen molar-refractivity contribution in [2.45, 2.75) is 0 Å². The van der Waals surface area contributed by atoms with E-state index in [1.54, 1.807) is 14.1 Å². The van der Waals surface area contributed by atoms with E-state index in [9.17, 15) is 4.79 Å². The number of hydrogen-bond acceptors (Lipinski definition) is 2. The molecule has 0 N–H and O–H groups in total. The zero-order chi connectivity index (χ0) is 10.6. The van der Waals surface area contributed by atoms with Crippen molar-refractivity contribution in [3.05, 3.63) is 42.5 Å². The Morgan fingerprint density at radius 2 is 1.86 bits per heavy atom. The monoisotopic (exact) mass is 191 g/mol. The molecule has 3 heteroatoms.